The summed E-state index contributed by atoms with van der Waals surface area (Å²) in [5.41, 5.74) is 7.93. The molecular weight excluding hydrogens is 769 g/mol. The SMILES string of the molecule is C[C@@H]1Cc2c([nH]c3ccccc23)[C@@H](c2ccc(N3CCC4(CCN(C(=O)CN5Cc6cc7c(cc6C5)C(=O)N(C5CCC(=O)NC5=O)C7=O)CC4)CC3)cc2)N1CC(F)F. The van der Waals surface area contributed by atoms with Crippen molar-refractivity contribution in [2.24, 2.45) is 5.41 Å². The maximum absolute atomic E-state index is 13.9. The predicted octanol–water partition coefficient (Wildman–Crippen LogP) is 5.40. The zero-order valence-electron chi connectivity index (χ0n) is 33.7. The van der Waals surface area contributed by atoms with E-state index in [4.69, 9.17) is 0 Å². The van der Waals surface area contributed by atoms with Crippen LogP contribution in [0.5, 0.6) is 0 Å². The number of piperidine rings is 3. The Hall–Kier alpha value is -5.47. The number of rotatable bonds is 7. The molecule has 3 fully saturated rings. The minimum atomic E-state index is -2.43. The monoisotopic (exact) mass is 817 g/mol. The molecule has 0 radical (unpaired) electrons. The topological polar surface area (TPSA) is 129 Å². The fraction of sp³-hybridized carbons (Fsp3) is 0.457. The second-order valence-electron chi connectivity index (χ2n) is 17.8. The van der Waals surface area contributed by atoms with Crippen molar-refractivity contribution in [3.8, 4) is 0 Å². The quantitative estimate of drug-likeness (QED) is 0.238. The van der Waals surface area contributed by atoms with Crippen molar-refractivity contribution in [2.45, 2.75) is 89.5 Å². The third-order valence-corrected chi connectivity index (χ3v) is 14.3. The number of halogens is 2. The molecule has 10 rings (SSSR count). The lowest BCUT2D eigenvalue weighted by molar-refractivity contribution is -0.137. The first-order valence-electron chi connectivity index (χ1n) is 21.3. The molecule has 1 aromatic heterocycles. The number of H-pyrrole nitrogens is 1. The summed E-state index contributed by atoms with van der Waals surface area (Å²) in [6.07, 6.45) is 2.48. The first-order valence-corrected chi connectivity index (χ1v) is 21.3. The van der Waals surface area contributed by atoms with E-state index in [9.17, 15) is 32.8 Å². The Morgan fingerprint density at radius 1 is 0.867 bits per heavy atom. The number of imide groups is 2. The number of likely N-dealkylation sites (tertiary alicyclic amines) is 1. The molecular formula is C46H49F2N7O5. The average Bonchev–Trinajstić information content (AvgIpc) is 3.88. The fourth-order valence-corrected chi connectivity index (χ4v) is 11.0. The smallest absolute Gasteiger partial charge is 0.262 e. The van der Waals surface area contributed by atoms with Gasteiger partial charge >= 0.3 is 0 Å². The minimum absolute atomic E-state index is 0.0296. The average molecular weight is 818 g/mol. The van der Waals surface area contributed by atoms with Crippen LogP contribution >= 0.6 is 0 Å². The number of hydrogen-bond acceptors (Lipinski definition) is 8. The molecule has 3 saturated heterocycles. The molecule has 6 aliphatic rings. The highest BCUT2D eigenvalue weighted by molar-refractivity contribution is 6.23. The van der Waals surface area contributed by atoms with E-state index in [0.29, 0.717) is 26.2 Å². The van der Waals surface area contributed by atoms with Crippen LogP contribution in [-0.4, -0.2) is 112 Å². The van der Waals surface area contributed by atoms with Crippen LogP contribution in [0.2, 0.25) is 0 Å². The van der Waals surface area contributed by atoms with Gasteiger partial charge in [-0.3, -0.25) is 44.0 Å². The van der Waals surface area contributed by atoms with Crippen LogP contribution in [0.4, 0.5) is 14.5 Å². The summed E-state index contributed by atoms with van der Waals surface area (Å²) >= 11 is 0. The van der Waals surface area contributed by atoms with Gasteiger partial charge < -0.3 is 14.8 Å². The maximum Gasteiger partial charge on any atom is 0.262 e. The zero-order valence-corrected chi connectivity index (χ0v) is 33.7. The second kappa shape index (κ2) is 14.9. The molecule has 6 aliphatic heterocycles. The van der Waals surface area contributed by atoms with Crippen molar-refractivity contribution >= 4 is 46.1 Å². The van der Waals surface area contributed by atoms with Gasteiger partial charge in [-0.15, -0.1) is 0 Å². The Morgan fingerprint density at radius 3 is 2.17 bits per heavy atom. The molecule has 60 heavy (non-hydrogen) atoms. The van der Waals surface area contributed by atoms with E-state index in [1.54, 1.807) is 12.1 Å². The van der Waals surface area contributed by atoms with Crippen molar-refractivity contribution in [1.29, 1.82) is 0 Å². The number of nitrogens with zero attached hydrogens (tertiary/aromatic N) is 5. The predicted molar refractivity (Wildman–Crippen MR) is 219 cm³/mol. The summed E-state index contributed by atoms with van der Waals surface area (Å²) in [6.45, 7) is 6.26. The molecule has 7 heterocycles. The van der Waals surface area contributed by atoms with Crippen LogP contribution in [0.1, 0.15) is 100 Å². The molecule has 3 atom stereocenters. The fourth-order valence-electron chi connectivity index (χ4n) is 11.0. The highest BCUT2D eigenvalue weighted by atomic mass is 19.3. The van der Waals surface area contributed by atoms with Gasteiger partial charge in [-0.25, -0.2) is 8.78 Å². The van der Waals surface area contributed by atoms with E-state index >= 15 is 0 Å². The Morgan fingerprint density at radius 2 is 1.52 bits per heavy atom. The first-order chi connectivity index (χ1) is 28.9. The molecule has 2 N–H and O–H groups in total. The minimum Gasteiger partial charge on any atom is -0.371 e. The molecule has 1 unspecified atom stereocenters. The van der Waals surface area contributed by atoms with Gasteiger partial charge in [0.1, 0.15) is 6.04 Å². The number of carbonyl (C=O) groups excluding carboxylic acids is 5. The largest absolute Gasteiger partial charge is 0.371 e. The Balaban J connectivity index is 0.735. The van der Waals surface area contributed by atoms with Crippen LogP contribution in [0, 0.1) is 5.41 Å². The number of aromatic amines is 1. The van der Waals surface area contributed by atoms with Gasteiger partial charge in [-0.2, -0.15) is 0 Å². The normalized spacial score (nSPS) is 24.4. The van der Waals surface area contributed by atoms with Crippen LogP contribution in [0.3, 0.4) is 0 Å². The lowest BCUT2D eigenvalue weighted by Gasteiger charge is -2.47. The van der Waals surface area contributed by atoms with E-state index < -0.39 is 36.1 Å². The molecule has 312 valence electrons. The van der Waals surface area contributed by atoms with Gasteiger partial charge in [-0.05, 0) is 103 Å². The number of nitrogens with one attached hydrogen (secondary N) is 2. The number of aromatic nitrogens is 1. The highest BCUT2D eigenvalue weighted by Crippen LogP contribution is 2.44. The Kier molecular flexibility index (Phi) is 9.62. The first kappa shape index (κ1) is 38.7. The number of benzene rings is 3. The number of para-hydroxylation sites is 1. The van der Waals surface area contributed by atoms with E-state index in [-0.39, 0.29) is 60.5 Å². The molecule has 0 bridgehead atoms. The number of carbonyl (C=O) groups is 5. The molecule has 3 aromatic carbocycles. The molecule has 4 aromatic rings. The third-order valence-electron chi connectivity index (χ3n) is 14.3. The van der Waals surface area contributed by atoms with Gasteiger partial charge in [0.15, 0.2) is 0 Å². The summed E-state index contributed by atoms with van der Waals surface area (Å²) < 4.78 is 27.8. The van der Waals surface area contributed by atoms with E-state index in [0.717, 1.165) is 83.7 Å². The summed E-state index contributed by atoms with van der Waals surface area (Å²) in [4.78, 5) is 77.3. The van der Waals surface area contributed by atoms with Gasteiger partial charge in [-0.1, -0.05) is 30.3 Å². The number of anilines is 1. The van der Waals surface area contributed by atoms with Crippen molar-refractivity contribution in [3.63, 3.8) is 0 Å². The number of fused-ring (bicyclic) bond motifs is 5. The van der Waals surface area contributed by atoms with Gasteiger partial charge in [0.25, 0.3) is 18.2 Å². The van der Waals surface area contributed by atoms with Crippen LogP contribution < -0.4 is 10.2 Å². The van der Waals surface area contributed by atoms with Gasteiger partial charge in [0.2, 0.25) is 17.7 Å². The Labute approximate surface area is 346 Å². The summed E-state index contributed by atoms with van der Waals surface area (Å²) in [6, 6.07) is 18.9. The van der Waals surface area contributed by atoms with E-state index in [1.165, 1.54) is 10.9 Å². The molecule has 0 saturated carbocycles. The number of hydrogen-bond donors (Lipinski definition) is 2. The number of amides is 5. The van der Waals surface area contributed by atoms with Crippen molar-refractivity contribution in [1.82, 2.24) is 29.9 Å². The maximum atomic E-state index is 13.9. The van der Waals surface area contributed by atoms with Crippen molar-refractivity contribution in [3.05, 3.63) is 99.7 Å². The van der Waals surface area contributed by atoms with Crippen molar-refractivity contribution < 1.29 is 32.8 Å². The number of alkyl halides is 2. The van der Waals surface area contributed by atoms with Crippen LogP contribution in [-0.2, 0) is 33.9 Å². The molecule has 5 amide bonds. The van der Waals surface area contributed by atoms with Crippen molar-refractivity contribution in [2.75, 3.05) is 44.2 Å². The zero-order chi connectivity index (χ0) is 41.4. The lowest BCUT2D eigenvalue weighted by Crippen LogP contribution is -2.54. The van der Waals surface area contributed by atoms with Gasteiger partial charge in [0, 0.05) is 74.0 Å². The third kappa shape index (κ3) is 6.68. The van der Waals surface area contributed by atoms with Crippen LogP contribution in [0.25, 0.3) is 10.9 Å². The molecule has 1 spiro atoms. The summed E-state index contributed by atoms with van der Waals surface area (Å²) in [5.74, 6) is -2.01. The molecule has 14 heteroatoms. The Bertz CT molecular complexity index is 2370. The summed E-state index contributed by atoms with van der Waals surface area (Å²) in [5, 5.41) is 3.40. The van der Waals surface area contributed by atoms with E-state index in [2.05, 4.69) is 51.6 Å². The lowest BCUT2D eigenvalue weighted by atomic mass is 9.71. The standard InChI is InChI=1S/C46H49F2N7O5/c1-27-20-33-32-4-2-3-5-36(32)49-41(33)42(54(27)25-38(47)48)28-6-8-31(9-7-28)52-16-12-46(13-17-52)14-18-53(19-15-46)40(57)26-51-23-29-21-34-35(22-30(29)24-51)45(60)55(44(34)59)37-10-11-39(56)50-43(37)58/h2-9,21-22,27,37-38,42,49H,10-20,23-26H2,1H3,(H,50,56,58)/t27-,37?,42-/m1/s1. The highest BCUT2D eigenvalue weighted by Gasteiger charge is 2.46. The summed E-state index contributed by atoms with van der Waals surface area (Å²) in [7, 11) is 0. The van der Waals surface area contributed by atoms with Gasteiger partial charge in [0.05, 0.1) is 30.3 Å². The van der Waals surface area contributed by atoms with E-state index in [1.807, 2.05) is 33.8 Å². The second-order valence-corrected chi connectivity index (χ2v) is 17.8. The molecule has 12 nitrogen and oxygen atoms in total. The van der Waals surface area contributed by atoms with Crippen LogP contribution in [0.15, 0.2) is 60.7 Å². The molecule has 0 aliphatic carbocycles.